The number of carbonyl (C=O) groups is 2. The van der Waals surface area contributed by atoms with Crippen molar-refractivity contribution >= 4 is 24.4 Å². The zero-order chi connectivity index (χ0) is 18.5. The molecule has 1 aliphatic rings. The molecule has 1 aliphatic heterocycles. The van der Waals surface area contributed by atoms with Gasteiger partial charge in [0.1, 0.15) is 5.75 Å². The van der Waals surface area contributed by atoms with Crippen LogP contribution in [0.4, 0.5) is 0 Å². The van der Waals surface area contributed by atoms with Crippen LogP contribution in [0.5, 0.6) is 5.75 Å². The highest BCUT2D eigenvalue weighted by Gasteiger charge is 2.25. The molecule has 26 heavy (non-hydrogen) atoms. The zero-order valence-corrected chi connectivity index (χ0v) is 15.5. The fraction of sp³-hybridized carbons (Fsp3) is 0.300. The average molecular weight is 370 g/mol. The Hall–Kier alpha value is -2.47. The van der Waals surface area contributed by atoms with Gasteiger partial charge in [-0.25, -0.2) is 0 Å². The van der Waals surface area contributed by atoms with Crippen molar-refractivity contribution < 1.29 is 14.3 Å². The van der Waals surface area contributed by atoms with Crippen LogP contribution in [0.25, 0.3) is 0 Å². The Labute approximate surface area is 158 Å². The van der Waals surface area contributed by atoms with Gasteiger partial charge < -0.3 is 15.0 Å². The van der Waals surface area contributed by atoms with Crippen molar-refractivity contribution in [3.05, 3.63) is 59.7 Å². The highest BCUT2D eigenvalue weighted by molar-refractivity contribution is 7.80. The van der Waals surface area contributed by atoms with E-state index in [0.717, 1.165) is 18.6 Å². The maximum Gasteiger partial charge on any atom is 0.253 e. The summed E-state index contributed by atoms with van der Waals surface area (Å²) in [6.45, 7) is 1.25. The fourth-order valence-corrected chi connectivity index (χ4v) is 3.33. The lowest BCUT2D eigenvalue weighted by Crippen LogP contribution is -2.46. The second-order valence-corrected chi connectivity index (χ2v) is 6.77. The summed E-state index contributed by atoms with van der Waals surface area (Å²) in [5, 5.41) is 3.05. The Kier molecular flexibility index (Phi) is 5.83. The third-order valence-electron chi connectivity index (χ3n) is 4.60. The number of benzene rings is 2. The normalized spacial score (nSPS) is 14.8. The molecule has 1 N–H and O–H groups in total. The molecule has 0 aromatic heterocycles. The molecule has 5 nitrogen and oxygen atoms in total. The number of hydrogen-bond acceptors (Lipinski definition) is 4. The van der Waals surface area contributed by atoms with E-state index in [-0.39, 0.29) is 17.9 Å². The van der Waals surface area contributed by atoms with Crippen molar-refractivity contribution in [2.24, 2.45) is 0 Å². The average Bonchev–Trinajstić information content (AvgIpc) is 2.68. The molecule has 1 saturated heterocycles. The van der Waals surface area contributed by atoms with Gasteiger partial charge in [0.15, 0.2) is 0 Å². The molecule has 0 unspecified atom stereocenters. The van der Waals surface area contributed by atoms with Gasteiger partial charge in [-0.2, -0.15) is 0 Å². The number of hydrogen-bond donors (Lipinski definition) is 2. The molecule has 0 saturated carbocycles. The predicted octanol–water partition coefficient (Wildman–Crippen LogP) is 3.02. The third kappa shape index (κ3) is 4.19. The zero-order valence-electron chi connectivity index (χ0n) is 14.6. The molecule has 0 aliphatic carbocycles. The van der Waals surface area contributed by atoms with E-state index >= 15 is 0 Å². The molecule has 1 heterocycles. The van der Waals surface area contributed by atoms with Crippen molar-refractivity contribution in [3.63, 3.8) is 0 Å². The first-order chi connectivity index (χ1) is 12.6. The Bertz CT molecular complexity index is 784. The Morgan fingerprint density at radius 2 is 1.73 bits per heavy atom. The lowest BCUT2D eigenvalue weighted by Gasteiger charge is -2.32. The smallest absolute Gasteiger partial charge is 0.253 e. The third-order valence-corrected chi connectivity index (χ3v) is 4.99. The number of piperidine rings is 1. The van der Waals surface area contributed by atoms with Crippen molar-refractivity contribution in [2.75, 3.05) is 20.2 Å². The molecule has 2 amide bonds. The largest absolute Gasteiger partial charge is 0.497 e. The Balaban J connectivity index is 1.54. The van der Waals surface area contributed by atoms with Crippen molar-refractivity contribution in [1.29, 1.82) is 0 Å². The second kappa shape index (κ2) is 8.27. The van der Waals surface area contributed by atoms with Crippen LogP contribution in [0.3, 0.4) is 0 Å². The summed E-state index contributed by atoms with van der Waals surface area (Å²) >= 11 is 4.33. The molecule has 0 bridgehead atoms. The highest BCUT2D eigenvalue weighted by atomic mass is 32.1. The van der Waals surface area contributed by atoms with Crippen LogP contribution in [-0.2, 0) is 0 Å². The second-order valence-electron chi connectivity index (χ2n) is 6.29. The molecule has 3 rings (SSSR count). The summed E-state index contributed by atoms with van der Waals surface area (Å²) in [5.41, 5.74) is 1.23. The molecule has 0 atom stereocenters. The van der Waals surface area contributed by atoms with Crippen LogP contribution in [0.1, 0.15) is 33.6 Å². The predicted molar refractivity (Wildman–Crippen MR) is 103 cm³/mol. The molecular formula is C20H22N2O3S. The van der Waals surface area contributed by atoms with Crippen LogP contribution in [0.2, 0.25) is 0 Å². The number of ether oxygens (including phenoxy) is 1. The van der Waals surface area contributed by atoms with Gasteiger partial charge in [0.2, 0.25) is 0 Å². The summed E-state index contributed by atoms with van der Waals surface area (Å²) in [5.74, 6) is 0.626. The topological polar surface area (TPSA) is 58.6 Å². The summed E-state index contributed by atoms with van der Waals surface area (Å²) < 4.78 is 5.12. The van der Waals surface area contributed by atoms with Crippen molar-refractivity contribution in [3.8, 4) is 5.75 Å². The van der Waals surface area contributed by atoms with E-state index in [0.29, 0.717) is 29.1 Å². The van der Waals surface area contributed by atoms with Gasteiger partial charge in [-0.05, 0) is 49.2 Å². The number of thiol groups is 1. The van der Waals surface area contributed by atoms with E-state index < -0.39 is 0 Å². The molecule has 1 fully saturated rings. The number of amides is 2. The molecule has 0 radical (unpaired) electrons. The van der Waals surface area contributed by atoms with Crippen LogP contribution >= 0.6 is 12.6 Å². The summed E-state index contributed by atoms with van der Waals surface area (Å²) in [6, 6.07) is 14.4. The van der Waals surface area contributed by atoms with Gasteiger partial charge >= 0.3 is 0 Å². The fourth-order valence-electron chi connectivity index (χ4n) is 3.07. The molecule has 2 aromatic rings. The summed E-state index contributed by atoms with van der Waals surface area (Å²) in [6.07, 6.45) is 1.48. The standard InChI is InChI=1S/C20H22N2O3S/c1-25-16-8-6-14(7-9-16)20(24)22-12-10-15(11-13-22)21-19(23)17-4-2-3-5-18(17)26/h2-9,15,26H,10-13H2,1H3,(H,21,23). The van der Waals surface area contributed by atoms with Crippen molar-refractivity contribution in [1.82, 2.24) is 10.2 Å². The highest BCUT2D eigenvalue weighted by Crippen LogP contribution is 2.18. The van der Waals surface area contributed by atoms with E-state index in [9.17, 15) is 9.59 Å². The molecule has 0 spiro atoms. The number of rotatable bonds is 4. The monoisotopic (exact) mass is 370 g/mol. The molecule has 2 aromatic carbocycles. The first kappa shape index (κ1) is 18.3. The SMILES string of the molecule is COc1ccc(C(=O)N2CCC(NC(=O)c3ccccc3S)CC2)cc1. The first-order valence-electron chi connectivity index (χ1n) is 8.60. The van der Waals surface area contributed by atoms with E-state index in [2.05, 4.69) is 17.9 Å². The summed E-state index contributed by atoms with van der Waals surface area (Å²) in [7, 11) is 1.60. The van der Waals surface area contributed by atoms with Gasteiger partial charge in [-0.1, -0.05) is 12.1 Å². The van der Waals surface area contributed by atoms with E-state index in [1.54, 1.807) is 43.5 Å². The molecule has 6 heteroatoms. The minimum atomic E-state index is -0.115. The van der Waals surface area contributed by atoms with Gasteiger partial charge in [-0.15, -0.1) is 12.6 Å². The number of nitrogens with zero attached hydrogens (tertiary/aromatic N) is 1. The van der Waals surface area contributed by atoms with Crippen LogP contribution in [0.15, 0.2) is 53.4 Å². The van der Waals surface area contributed by atoms with Crippen molar-refractivity contribution in [2.45, 2.75) is 23.8 Å². The van der Waals surface area contributed by atoms with Crippen LogP contribution < -0.4 is 10.1 Å². The van der Waals surface area contributed by atoms with Crippen LogP contribution in [0, 0.1) is 0 Å². The molecule has 136 valence electrons. The van der Waals surface area contributed by atoms with E-state index in [4.69, 9.17) is 4.74 Å². The minimum Gasteiger partial charge on any atom is -0.497 e. The number of methoxy groups -OCH3 is 1. The lowest BCUT2D eigenvalue weighted by molar-refractivity contribution is 0.0698. The lowest BCUT2D eigenvalue weighted by atomic mass is 10.0. The van der Waals surface area contributed by atoms with Crippen LogP contribution in [-0.4, -0.2) is 43.0 Å². The minimum absolute atomic E-state index is 0.0122. The Morgan fingerprint density at radius 3 is 2.35 bits per heavy atom. The Morgan fingerprint density at radius 1 is 1.08 bits per heavy atom. The number of carbonyl (C=O) groups excluding carboxylic acids is 2. The number of nitrogens with one attached hydrogen (secondary N) is 1. The van der Waals surface area contributed by atoms with Gasteiger partial charge in [-0.3, -0.25) is 9.59 Å². The van der Waals surface area contributed by atoms with Gasteiger partial charge in [0, 0.05) is 29.6 Å². The first-order valence-corrected chi connectivity index (χ1v) is 9.05. The number of likely N-dealkylation sites (tertiary alicyclic amines) is 1. The van der Waals surface area contributed by atoms with Gasteiger partial charge in [0.05, 0.1) is 12.7 Å². The van der Waals surface area contributed by atoms with E-state index in [1.165, 1.54) is 0 Å². The maximum atomic E-state index is 12.6. The quantitative estimate of drug-likeness (QED) is 0.814. The summed E-state index contributed by atoms with van der Waals surface area (Å²) in [4.78, 5) is 27.5. The molecular weight excluding hydrogens is 348 g/mol. The van der Waals surface area contributed by atoms with Gasteiger partial charge in [0.25, 0.3) is 11.8 Å². The van der Waals surface area contributed by atoms with E-state index in [1.807, 2.05) is 17.0 Å². The maximum absolute atomic E-state index is 12.6.